The quantitative estimate of drug-likeness (QED) is 0.450. The van der Waals surface area contributed by atoms with Gasteiger partial charge in [0.15, 0.2) is 9.77 Å². The van der Waals surface area contributed by atoms with Crippen molar-refractivity contribution >= 4 is 45.0 Å². The van der Waals surface area contributed by atoms with Gasteiger partial charge in [0.1, 0.15) is 0 Å². The van der Waals surface area contributed by atoms with E-state index in [2.05, 4.69) is 20.5 Å². The number of fused-ring (bicyclic) bond motifs is 1. The number of hydrogen-bond acceptors (Lipinski definition) is 6. The molecule has 0 saturated heterocycles. The molecule has 0 aliphatic heterocycles. The second-order valence-electron chi connectivity index (χ2n) is 7.59. The zero-order valence-corrected chi connectivity index (χ0v) is 18.2. The number of anilines is 1. The minimum Gasteiger partial charge on any atom is -0.357 e. The van der Waals surface area contributed by atoms with Crippen LogP contribution in [0.1, 0.15) is 48.9 Å². The first-order valence-corrected chi connectivity index (χ1v) is 11.7. The molecule has 2 heterocycles. The standard InChI is InChI=1S/C21H24N4O2S2/c1-12-8-9-13(2)18-17(12)16(26)10-15(22-18)11-28-21-25-24-20(29-21)23-19(27)14-6-4-3-5-7-14/h8-10,14H,3-7,11H2,1-2H3,(H,22,26)(H,23,24,27). The lowest BCUT2D eigenvalue weighted by Crippen LogP contribution is -2.24. The predicted octanol–water partition coefficient (Wildman–Crippen LogP) is 4.81. The van der Waals surface area contributed by atoms with Crippen LogP contribution in [0.2, 0.25) is 0 Å². The van der Waals surface area contributed by atoms with Crippen molar-refractivity contribution in [3.63, 3.8) is 0 Å². The fraction of sp³-hybridized carbons (Fsp3) is 0.429. The summed E-state index contributed by atoms with van der Waals surface area (Å²) in [5.41, 5.74) is 3.81. The Morgan fingerprint density at radius 1 is 1.21 bits per heavy atom. The molecule has 0 radical (unpaired) electrons. The number of aromatic amines is 1. The van der Waals surface area contributed by atoms with Gasteiger partial charge in [0.25, 0.3) is 0 Å². The van der Waals surface area contributed by atoms with Crippen molar-refractivity contribution in [1.29, 1.82) is 0 Å². The number of amides is 1. The van der Waals surface area contributed by atoms with E-state index in [0.29, 0.717) is 10.9 Å². The van der Waals surface area contributed by atoms with Crippen LogP contribution in [0.15, 0.2) is 27.3 Å². The molecule has 2 N–H and O–H groups in total. The molecule has 0 spiro atoms. The SMILES string of the molecule is Cc1ccc(C)c2c(=O)cc(CSc3nnc(NC(=O)C4CCCCC4)s3)[nH]c12. The number of pyridine rings is 1. The first-order valence-electron chi connectivity index (χ1n) is 9.90. The first kappa shape index (κ1) is 20.1. The van der Waals surface area contributed by atoms with E-state index in [1.54, 1.807) is 6.07 Å². The molecule has 29 heavy (non-hydrogen) atoms. The first-order chi connectivity index (χ1) is 14.0. The Morgan fingerprint density at radius 2 is 1.97 bits per heavy atom. The highest BCUT2D eigenvalue weighted by molar-refractivity contribution is 8.00. The highest BCUT2D eigenvalue weighted by Crippen LogP contribution is 2.30. The van der Waals surface area contributed by atoms with Crippen molar-refractivity contribution < 1.29 is 4.79 Å². The number of carbonyl (C=O) groups is 1. The van der Waals surface area contributed by atoms with E-state index in [9.17, 15) is 9.59 Å². The van der Waals surface area contributed by atoms with Gasteiger partial charge in [-0.05, 0) is 37.8 Å². The van der Waals surface area contributed by atoms with E-state index in [0.717, 1.165) is 57.7 Å². The second kappa shape index (κ2) is 8.67. The van der Waals surface area contributed by atoms with Crippen LogP contribution < -0.4 is 10.7 Å². The zero-order valence-electron chi connectivity index (χ0n) is 16.6. The Morgan fingerprint density at radius 3 is 2.76 bits per heavy atom. The predicted molar refractivity (Wildman–Crippen MR) is 119 cm³/mol. The van der Waals surface area contributed by atoms with Crippen molar-refractivity contribution in [2.24, 2.45) is 5.92 Å². The van der Waals surface area contributed by atoms with Crippen LogP contribution in [-0.2, 0) is 10.5 Å². The maximum absolute atomic E-state index is 12.6. The van der Waals surface area contributed by atoms with E-state index in [1.165, 1.54) is 29.5 Å². The summed E-state index contributed by atoms with van der Waals surface area (Å²) in [5.74, 6) is 0.740. The van der Waals surface area contributed by atoms with Crippen molar-refractivity contribution in [2.75, 3.05) is 5.32 Å². The van der Waals surface area contributed by atoms with Crippen LogP contribution in [0.4, 0.5) is 5.13 Å². The molecule has 2 aromatic heterocycles. The Labute approximate surface area is 177 Å². The molecule has 1 aromatic carbocycles. The zero-order chi connectivity index (χ0) is 20.4. The van der Waals surface area contributed by atoms with Gasteiger partial charge in [0, 0.05) is 28.8 Å². The van der Waals surface area contributed by atoms with Gasteiger partial charge in [-0.25, -0.2) is 0 Å². The topological polar surface area (TPSA) is 87.7 Å². The highest BCUT2D eigenvalue weighted by atomic mass is 32.2. The third-order valence-electron chi connectivity index (χ3n) is 5.42. The molecule has 1 saturated carbocycles. The largest absolute Gasteiger partial charge is 0.357 e. The molecule has 1 fully saturated rings. The van der Waals surface area contributed by atoms with Gasteiger partial charge in [-0.2, -0.15) is 0 Å². The minimum absolute atomic E-state index is 0.0354. The van der Waals surface area contributed by atoms with Crippen LogP contribution in [0.3, 0.4) is 0 Å². The Kier molecular flexibility index (Phi) is 6.01. The molecule has 4 rings (SSSR count). The van der Waals surface area contributed by atoms with Gasteiger partial charge >= 0.3 is 0 Å². The van der Waals surface area contributed by atoms with Crippen LogP contribution in [0, 0.1) is 19.8 Å². The summed E-state index contributed by atoms with van der Waals surface area (Å²) >= 11 is 2.88. The molecular weight excluding hydrogens is 404 g/mol. The van der Waals surface area contributed by atoms with Gasteiger partial charge in [-0.3, -0.25) is 9.59 Å². The second-order valence-corrected chi connectivity index (χ2v) is 9.79. The number of carbonyl (C=O) groups excluding carboxylic acids is 1. The van der Waals surface area contributed by atoms with E-state index < -0.39 is 0 Å². The monoisotopic (exact) mass is 428 g/mol. The molecule has 0 unspecified atom stereocenters. The molecule has 3 aromatic rings. The van der Waals surface area contributed by atoms with Gasteiger partial charge < -0.3 is 10.3 Å². The maximum Gasteiger partial charge on any atom is 0.229 e. The average Bonchev–Trinajstić information content (AvgIpc) is 3.17. The Hall–Kier alpha value is -2.19. The molecular formula is C21H24N4O2S2. The van der Waals surface area contributed by atoms with Crippen LogP contribution >= 0.6 is 23.1 Å². The van der Waals surface area contributed by atoms with E-state index >= 15 is 0 Å². The lowest BCUT2D eigenvalue weighted by Gasteiger charge is -2.19. The summed E-state index contributed by atoms with van der Waals surface area (Å²) < 4.78 is 0.769. The van der Waals surface area contributed by atoms with E-state index in [-0.39, 0.29) is 17.3 Å². The number of aromatic nitrogens is 3. The van der Waals surface area contributed by atoms with Crippen LogP contribution in [0.25, 0.3) is 10.9 Å². The number of aryl methyl sites for hydroxylation is 2. The van der Waals surface area contributed by atoms with Crippen molar-refractivity contribution in [3.8, 4) is 0 Å². The third kappa shape index (κ3) is 4.53. The molecule has 0 atom stereocenters. The smallest absolute Gasteiger partial charge is 0.229 e. The fourth-order valence-electron chi connectivity index (χ4n) is 3.82. The molecule has 6 nitrogen and oxygen atoms in total. The summed E-state index contributed by atoms with van der Waals surface area (Å²) in [4.78, 5) is 28.3. The molecule has 152 valence electrons. The number of nitrogens with zero attached hydrogens (tertiary/aromatic N) is 2. The normalized spacial score (nSPS) is 15.0. The summed E-state index contributed by atoms with van der Waals surface area (Å²) in [6, 6.07) is 5.66. The van der Waals surface area contributed by atoms with E-state index in [1.807, 2.05) is 26.0 Å². The van der Waals surface area contributed by atoms with Gasteiger partial charge in [0.05, 0.1) is 5.52 Å². The third-order valence-corrected chi connectivity index (χ3v) is 7.44. The maximum atomic E-state index is 12.6. The summed E-state index contributed by atoms with van der Waals surface area (Å²) in [6.07, 6.45) is 5.39. The van der Waals surface area contributed by atoms with Crippen molar-refractivity contribution in [1.82, 2.24) is 15.2 Å². The number of H-pyrrole nitrogens is 1. The lowest BCUT2D eigenvalue weighted by atomic mass is 9.89. The summed E-state index contributed by atoms with van der Waals surface area (Å²) in [7, 11) is 0. The molecule has 8 heteroatoms. The molecule has 0 bridgehead atoms. The summed E-state index contributed by atoms with van der Waals surface area (Å²) in [5, 5.41) is 12.5. The number of rotatable bonds is 5. The summed E-state index contributed by atoms with van der Waals surface area (Å²) in [6.45, 7) is 3.95. The van der Waals surface area contributed by atoms with Gasteiger partial charge in [-0.15, -0.1) is 10.2 Å². The van der Waals surface area contributed by atoms with Gasteiger partial charge in [-0.1, -0.05) is 54.5 Å². The van der Waals surface area contributed by atoms with Gasteiger partial charge in [0.2, 0.25) is 11.0 Å². The van der Waals surface area contributed by atoms with E-state index in [4.69, 9.17) is 0 Å². The average molecular weight is 429 g/mol. The Bertz CT molecular complexity index is 1100. The highest BCUT2D eigenvalue weighted by Gasteiger charge is 2.22. The lowest BCUT2D eigenvalue weighted by molar-refractivity contribution is -0.120. The van der Waals surface area contributed by atoms with Crippen molar-refractivity contribution in [3.05, 3.63) is 45.2 Å². The number of benzene rings is 1. The molecule has 1 amide bonds. The minimum atomic E-state index is 0.0354. The number of hydrogen-bond donors (Lipinski definition) is 2. The van der Waals surface area contributed by atoms with Crippen molar-refractivity contribution in [2.45, 2.75) is 56.0 Å². The van der Waals surface area contributed by atoms with Crippen LogP contribution in [-0.4, -0.2) is 21.1 Å². The fourth-order valence-corrected chi connectivity index (χ4v) is 5.49. The number of nitrogens with one attached hydrogen (secondary N) is 2. The molecule has 1 aliphatic rings. The Balaban J connectivity index is 1.43. The number of thioether (sulfide) groups is 1. The molecule has 1 aliphatic carbocycles. The van der Waals surface area contributed by atoms with Crippen LogP contribution in [0.5, 0.6) is 0 Å².